The Balaban J connectivity index is 1.74. The molecule has 184 valence electrons. The van der Waals surface area contributed by atoms with Gasteiger partial charge in [0.25, 0.3) is 5.69 Å². The summed E-state index contributed by atoms with van der Waals surface area (Å²) in [5.74, 6) is -0.151. The van der Waals surface area contributed by atoms with Gasteiger partial charge < -0.3 is 0 Å². The minimum atomic E-state index is -0.358. The average Bonchev–Trinajstić information content (AvgIpc) is 2.99. The van der Waals surface area contributed by atoms with Crippen molar-refractivity contribution in [1.82, 2.24) is 0 Å². The molecule has 5 aromatic carbocycles. The van der Waals surface area contributed by atoms with Gasteiger partial charge >= 0.3 is 0 Å². The monoisotopic (exact) mass is 493 g/mol. The largest absolute Gasteiger partial charge is 0.269 e. The summed E-state index contributed by atoms with van der Waals surface area (Å²) in [7, 11) is 0. The van der Waals surface area contributed by atoms with Crippen LogP contribution in [-0.2, 0) is 0 Å². The van der Waals surface area contributed by atoms with E-state index in [0.717, 1.165) is 39.0 Å². The quantitative estimate of drug-likeness (QED) is 0.160. The molecule has 0 unspecified atom stereocenters. The molecule has 0 aliphatic heterocycles. The number of nitro benzene ring substituents is 1. The Morgan fingerprint density at radius 1 is 0.500 bits per heavy atom. The Labute approximate surface area is 223 Å². The normalized spacial score (nSPS) is 10.6. The van der Waals surface area contributed by atoms with Crippen LogP contribution < -0.4 is 0 Å². The Morgan fingerprint density at radius 2 is 0.816 bits per heavy atom. The van der Waals surface area contributed by atoms with Crippen LogP contribution >= 0.6 is 0 Å². The fourth-order valence-electron chi connectivity index (χ4n) is 4.61. The van der Waals surface area contributed by atoms with E-state index in [1.165, 1.54) is 0 Å². The van der Waals surface area contributed by atoms with E-state index in [4.69, 9.17) is 0 Å². The van der Waals surface area contributed by atoms with Crippen LogP contribution in [0.25, 0.3) is 11.1 Å². The van der Waals surface area contributed by atoms with Crippen LogP contribution in [0.2, 0.25) is 0 Å². The van der Waals surface area contributed by atoms with Crippen LogP contribution in [-0.4, -0.2) is 4.92 Å². The third-order valence-electron chi connectivity index (χ3n) is 6.52. The molecule has 0 fully saturated rings. The van der Waals surface area contributed by atoms with Gasteiger partial charge in [-0.1, -0.05) is 146 Å². The molecule has 0 aromatic heterocycles. The van der Waals surface area contributed by atoms with Crippen molar-refractivity contribution in [3.8, 4) is 0 Å². The summed E-state index contributed by atoms with van der Waals surface area (Å²) in [5.41, 5.74) is 7.71. The van der Waals surface area contributed by atoms with Gasteiger partial charge in [-0.15, -0.1) is 0 Å². The first-order valence-corrected chi connectivity index (χ1v) is 12.6. The fourth-order valence-corrected chi connectivity index (χ4v) is 4.61. The Bertz CT molecular complexity index is 1360. The van der Waals surface area contributed by atoms with Crippen LogP contribution in [0.5, 0.6) is 0 Å². The summed E-state index contributed by atoms with van der Waals surface area (Å²) in [6.07, 6.45) is 4.52. The molecule has 0 amide bonds. The van der Waals surface area contributed by atoms with Gasteiger partial charge in [0, 0.05) is 18.1 Å². The summed E-state index contributed by atoms with van der Waals surface area (Å²) in [6, 6.07) is 48.2. The number of nitrogens with zero attached hydrogens (tertiary/aromatic N) is 1. The Kier molecular flexibility index (Phi) is 7.67. The molecule has 0 spiro atoms. The van der Waals surface area contributed by atoms with E-state index in [0.29, 0.717) is 0 Å². The van der Waals surface area contributed by atoms with Crippen molar-refractivity contribution in [1.29, 1.82) is 0 Å². The van der Waals surface area contributed by atoms with Crippen LogP contribution in [0.15, 0.2) is 158 Å². The molecule has 0 bridgehead atoms. The second kappa shape index (κ2) is 11.8. The van der Waals surface area contributed by atoms with Crippen molar-refractivity contribution in [2.45, 2.75) is 5.92 Å². The number of rotatable bonds is 8. The molecule has 3 heteroatoms. The highest BCUT2D eigenvalue weighted by Crippen LogP contribution is 2.34. The second-order valence-electron chi connectivity index (χ2n) is 9.00. The molecule has 0 N–H and O–H groups in total. The molecule has 5 aromatic rings. The highest BCUT2D eigenvalue weighted by Gasteiger charge is 2.16. The molecule has 0 radical (unpaired) electrons. The number of allylic oxidation sites excluding steroid dienone is 2. The number of hydrogen-bond donors (Lipinski definition) is 0. The molecule has 0 saturated carbocycles. The maximum atomic E-state index is 11.4. The van der Waals surface area contributed by atoms with E-state index in [-0.39, 0.29) is 16.5 Å². The van der Waals surface area contributed by atoms with Gasteiger partial charge in [0.1, 0.15) is 0 Å². The molecule has 5 rings (SSSR count). The van der Waals surface area contributed by atoms with Crippen molar-refractivity contribution in [3.63, 3.8) is 0 Å². The highest BCUT2D eigenvalue weighted by molar-refractivity contribution is 5.83. The Morgan fingerprint density at radius 3 is 1.11 bits per heavy atom. The van der Waals surface area contributed by atoms with Crippen LogP contribution in [0.3, 0.4) is 0 Å². The van der Waals surface area contributed by atoms with Crippen molar-refractivity contribution in [2.24, 2.45) is 0 Å². The number of non-ortho nitro benzene ring substituents is 1. The van der Waals surface area contributed by atoms with Gasteiger partial charge in [0.05, 0.1) is 4.92 Å². The number of nitro groups is 1. The first kappa shape index (κ1) is 24.7. The molecule has 38 heavy (non-hydrogen) atoms. The lowest BCUT2D eigenvalue weighted by Crippen LogP contribution is -1.99. The van der Waals surface area contributed by atoms with E-state index in [1.807, 2.05) is 84.9 Å². The SMILES string of the molecule is O=[N+]([O-])c1ccc(C(C=C(c2ccccc2)c2ccccc2)C=C(c2ccccc2)c2ccccc2)cc1. The lowest BCUT2D eigenvalue weighted by Gasteiger charge is -2.17. The number of benzene rings is 5. The summed E-state index contributed by atoms with van der Waals surface area (Å²) in [5, 5.41) is 11.4. The van der Waals surface area contributed by atoms with Crippen LogP contribution in [0.1, 0.15) is 33.7 Å². The van der Waals surface area contributed by atoms with Crippen LogP contribution in [0.4, 0.5) is 5.69 Å². The van der Waals surface area contributed by atoms with E-state index in [9.17, 15) is 10.1 Å². The van der Waals surface area contributed by atoms with E-state index >= 15 is 0 Å². The van der Waals surface area contributed by atoms with E-state index in [1.54, 1.807) is 12.1 Å². The van der Waals surface area contributed by atoms with Crippen molar-refractivity contribution in [2.75, 3.05) is 0 Å². The minimum Gasteiger partial charge on any atom is -0.258 e. The minimum absolute atomic E-state index is 0.0816. The van der Waals surface area contributed by atoms with Crippen molar-refractivity contribution in [3.05, 3.63) is 196 Å². The highest BCUT2D eigenvalue weighted by atomic mass is 16.6. The molecule has 3 nitrogen and oxygen atoms in total. The molecule has 0 aliphatic rings. The summed E-state index contributed by atoms with van der Waals surface area (Å²) < 4.78 is 0. The molecule has 0 aliphatic carbocycles. The van der Waals surface area contributed by atoms with Gasteiger partial charge in [-0.25, -0.2) is 0 Å². The van der Waals surface area contributed by atoms with Gasteiger partial charge in [-0.05, 0) is 39.0 Å². The molecule has 0 atom stereocenters. The predicted molar refractivity (Wildman–Crippen MR) is 156 cm³/mol. The zero-order valence-electron chi connectivity index (χ0n) is 20.9. The molecular formula is C35H27NO2. The smallest absolute Gasteiger partial charge is 0.258 e. The maximum absolute atomic E-state index is 11.4. The Hall–Kier alpha value is -5.02. The van der Waals surface area contributed by atoms with Gasteiger partial charge in [0.2, 0.25) is 0 Å². The zero-order valence-corrected chi connectivity index (χ0v) is 20.9. The lowest BCUT2D eigenvalue weighted by molar-refractivity contribution is -0.384. The van der Waals surface area contributed by atoms with Gasteiger partial charge in [0.15, 0.2) is 0 Å². The third kappa shape index (κ3) is 5.85. The third-order valence-corrected chi connectivity index (χ3v) is 6.52. The topological polar surface area (TPSA) is 43.1 Å². The van der Waals surface area contributed by atoms with E-state index < -0.39 is 0 Å². The molecule has 0 saturated heterocycles. The average molecular weight is 494 g/mol. The predicted octanol–water partition coefficient (Wildman–Crippen LogP) is 8.94. The van der Waals surface area contributed by atoms with Gasteiger partial charge in [-0.3, -0.25) is 10.1 Å². The standard InChI is InChI=1S/C35H27NO2/c37-36(38)33-23-21-27(22-24-33)32(25-34(28-13-5-1-6-14-28)29-15-7-2-8-16-29)26-35(30-17-9-3-10-18-30)31-19-11-4-12-20-31/h1-26,32H. The second-order valence-corrected chi connectivity index (χ2v) is 9.00. The van der Waals surface area contributed by atoms with E-state index in [2.05, 4.69) is 60.7 Å². The first-order valence-electron chi connectivity index (χ1n) is 12.6. The van der Waals surface area contributed by atoms with Crippen molar-refractivity contribution < 1.29 is 4.92 Å². The molecule has 0 heterocycles. The molecular weight excluding hydrogens is 466 g/mol. The summed E-state index contributed by atoms with van der Waals surface area (Å²) in [4.78, 5) is 11.0. The maximum Gasteiger partial charge on any atom is 0.269 e. The summed E-state index contributed by atoms with van der Waals surface area (Å²) >= 11 is 0. The van der Waals surface area contributed by atoms with Gasteiger partial charge in [-0.2, -0.15) is 0 Å². The zero-order chi connectivity index (χ0) is 26.2. The first-order chi connectivity index (χ1) is 18.7. The fraction of sp³-hybridized carbons (Fsp3) is 0.0286. The van der Waals surface area contributed by atoms with Crippen LogP contribution in [0, 0.1) is 10.1 Å². The summed E-state index contributed by atoms with van der Waals surface area (Å²) in [6.45, 7) is 0. The number of hydrogen-bond acceptors (Lipinski definition) is 2. The lowest BCUT2D eigenvalue weighted by atomic mass is 9.86. The van der Waals surface area contributed by atoms with Crippen molar-refractivity contribution >= 4 is 16.8 Å².